The fourth-order valence-electron chi connectivity index (χ4n) is 2.79. The van der Waals surface area contributed by atoms with Crippen LogP contribution in [0.15, 0.2) is 47.2 Å². The van der Waals surface area contributed by atoms with E-state index in [4.69, 9.17) is 5.73 Å². The molecule has 3 aromatic rings. The Bertz CT molecular complexity index is 1030. The van der Waals surface area contributed by atoms with Crippen molar-refractivity contribution in [2.45, 2.75) is 26.4 Å². The van der Waals surface area contributed by atoms with E-state index in [-0.39, 0.29) is 18.4 Å². The average Bonchev–Trinajstić information content (AvgIpc) is 3.21. The fourth-order valence-corrected chi connectivity index (χ4v) is 3.42. The molecule has 0 aliphatic rings. The number of fused-ring (bicyclic) bond motifs is 1. The molecule has 2 heterocycles. The number of carbonyl (C=O) groups excluding carboxylic acids is 2. The lowest BCUT2D eigenvalue weighted by Crippen LogP contribution is -2.40. The maximum Gasteiger partial charge on any atom is 0.244 e. The zero-order valence-electron chi connectivity index (χ0n) is 16.3. The molecule has 0 fully saturated rings. The maximum atomic E-state index is 12.1. The van der Waals surface area contributed by atoms with Crippen LogP contribution in [0.5, 0.6) is 0 Å². The number of hydrogen-bond donors (Lipinski definition) is 3. The van der Waals surface area contributed by atoms with E-state index in [1.807, 2.05) is 54.9 Å². The molecule has 0 radical (unpaired) electrons. The van der Waals surface area contributed by atoms with Crippen LogP contribution in [0.2, 0.25) is 0 Å². The molecule has 2 amide bonds. The van der Waals surface area contributed by atoms with Crippen LogP contribution in [0.1, 0.15) is 25.2 Å². The van der Waals surface area contributed by atoms with Gasteiger partial charge in [0.15, 0.2) is 5.82 Å². The highest BCUT2D eigenvalue weighted by Gasteiger charge is 2.21. The van der Waals surface area contributed by atoms with Crippen molar-refractivity contribution in [2.75, 3.05) is 5.32 Å². The van der Waals surface area contributed by atoms with E-state index in [0.717, 1.165) is 16.5 Å². The number of para-hydroxylation sites is 1. The number of aromatic nitrogens is 2. The number of hydrogen-bond acceptors (Lipinski definition) is 6. The first-order valence-corrected chi connectivity index (χ1v) is 10.2. The number of primary amides is 1. The van der Waals surface area contributed by atoms with E-state index >= 15 is 0 Å². The number of benzene rings is 1. The average molecular weight is 410 g/mol. The Kier molecular flexibility index (Phi) is 6.56. The third-order valence-corrected chi connectivity index (χ3v) is 5.01. The topological polar surface area (TPSA) is 110 Å². The standard InChI is InChI=1S/C21H23N5O2S/c1-13(2)19(20(22)28)26-21-15-5-3-4-6-16(15)24-17(25-21)11-23-18(27)8-7-14-9-10-29-12-14/h3-10,12-13,19H,11H2,1-2H3,(H2,22,28)(H,23,27)(H,24,25,26)/t19-/m0/s1. The van der Waals surface area contributed by atoms with Gasteiger partial charge in [0, 0.05) is 11.5 Å². The Hall–Kier alpha value is -3.26. The lowest BCUT2D eigenvalue weighted by Gasteiger charge is -2.21. The molecule has 0 saturated heterocycles. The number of nitrogens with zero attached hydrogens (tertiary/aromatic N) is 2. The lowest BCUT2D eigenvalue weighted by atomic mass is 10.0. The number of carbonyl (C=O) groups is 2. The van der Waals surface area contributed by atoms with E-state index in [2.05, 4.69) is 20.6 Å². The highest BCUT2D eigenvalue weighted by Crippen LogP contribution is 2.22. The van der Waals surface area contributed by atoms with Gasteiger partial charge in [0.2, 0.25) is 11.8 Å². The number of thiophene rings is 1. The maximum absolute atomic E-state index is 12.1. The van der Waals surface area contributed by atoms with Crippen molar-refractivity contribution in [1.29, 1.82) is 0 Å². The first kappa shape index (κ1) is 20.5. The molecule has 1 aromatic carbocycles. The van der Waals surface area contributed by atoms with Crippen molar-refractivity contribution in [3.05, 3.63) is 58.6 Å². The fraction of sp³-hybridized carbons (Fsp3) is 0.238. The first-order valence-electron chi connectivity index (χ1n) is 9.23. The van der Waals surface area contributed by atoms with Gasteiger partial charge < -0.3 is 16.4 Å². The number of amides is 2. The van der Waals surface area contributed by atoms with Gasteiger partial charge in [0.1, 0.15) is 11.9 Å². The summed E-state index contributed by atoms with van der Waals surface area (Å²) in [4.78, 5) is 32.9. The number of rotatable bonds is 8. The van der Waals surface area contributed by atoms with Gasteiger partial charge in [-0.3, -0.25) is 9.59 Å². The molecule has 4 N–H and O–H groups in total. The summed E-state index contributed by atoms with van der Waals surface area (Å²) in [6, 6.07) is 8.86. The van der Waals surface area contributed by atoms with E-state index in [0.29, 0.717) is 11.6 Å². The highest BCUT2D eigenvalue weighted by molar-refractivity contribution is 7.08. The molecule has 0 saturated carbocycles. The van der Waals surface area contributed by atoms with Crippen molar-refractivity contribution in [3.8, 4) is 0 Å². The Morgan fingerprint density at radius 2 is 2.00 bits per heavy atom. The second-order valence-electron chi connectivity index (χ2n) is 6.88. The SMILES string of the molecule is CC(C)[C@H](Nc1nc(CNC(=O)C=Cc2ccsc2)nc2ccccc12)C(N)=O. The van der Waals surface area contributed by atoms with Gasteiger partial charge >= 0.3 is 0 Å². The summed E-state index contributed by atoms with van der Waals surface area (Å²) < 4.78 is 0. The van der Waals surface area contributed by atoms with Crippen LogP contribution in [-0.4, -0.2) is 27.8 Å². The summed E-state index contributed by atoms with van der Waals surface area (Å²) in [6.45, 7) is 3.98. The molecular formula is C21H23N5O2S. The van der Waals surface area contributed by atoms with Crippen molar-refractivity contribution in [1.82, 2.24) is 15.3 Å². The van der Waals surface area contributed by atoms with E-state index in [1.165, 1.54) is 6.08 Å². The minimum absolute atomic E-state index is 0.00776. The quantitative estimate of drug-likeness (QED) is 0.496. The largest absolute Gasteiger partial charge is 0.368 e. The van der Waals surface area contributed by atoms with Gasteiger partial charge in [-0.25, -0.2) is 9.97 Å². The molecule has 150 valence electrons. The minimum atomic E-state index is -0.565. The van der Waals surface area contributed by atoms with Crippen molar-refractivity contribution in [3.63, 3.8) is 0 Å². The number of nitrogens with one attached hydrogen (secondary N) is 2. The molecule has 3 rings (SSSR count). The predicted octanol–water partition coefficient (Wildman–Crippen LogP) is 2.94. The summed E-state index contributed by atoms with van der Waals surface area (Å²) in [5, 5.41) is 10.6. The predicted molar refractivity (Wildman–Crippen MR) is 116 cm³/mol. The third-order valence-electron chi connectivity index (χ3n) is 4.31. The van der Waals surface area contributed by atoms with Gasteiger partial charge in [-0.2, -0.15) is 11.3 Å². The van der Waals surface area contributed by atoms with Crippen LogP contribution < -0.4 is 16.4 Å². The highest BCUT2D eigenvalue weighted by atomic mass is 32.1. The molecule has 0 bridgehead atoms. The Labute approximate surface area is 173 Å². The van der Waals surface area contributed by atoms with Crippen LogP contribution in [0.25, 0.3) is 17.0 Å². The number of nitrogens with two attached hydrogens (primary N) is 1. The van der Waals surface area contributed by atoms with Gasteiger partial charge in [0.25, 0.3) is 0 Å². The summed E-state index contributed by atoms with van der Waals surface area (Å²) >= 11 is 1.57. The Balaban J connectivity index is 1.79. The summed E-state index contributed by atoms with van der Waals surface area (Å²) in [6.07, 6.45) is 3.23. The molecule has 1 atom stereocenters. The van der Waals surface area contributed by atoms with E-state index in [9.17, 15) is 9.59 Å². The molecule has 2 aromatic heterocycles. The van der Waals surface area contributed by atoms with Crippen LogP contribution >= 0.6 is 11.3 Å². The minimum Gasteiger partial charge on any atom is -0.368 e. The normalized spacial score (nSPS) is 12.4. The van der Waals surface area contributed by atoms with Gasteiger partial charge in [-0.1, -0.05) is 26.0 Å². The zero-order valence-corrected chi connectivity index (χ0v) is 17.1. The molecule has 29 heavy (non-hydrogen) atoms. The second kappa shape index (κ2) is 9.29. The molecule has 8 heteroatoms. The Morgan fingerprint density at radius 1 is 1.21 bits per heavy atom. The van der Waals surface area contributed by atoms with Gasteiger partial charge in [-0.05, 0) is 46.5 Å². The summed E-state index contributed by atoms with van der Waals surface area (Å²) in [7, 11) is 0. The smallest absolute Gasteiger partial charge is 0.244 e. The van der Waals surface area contributed by atoms with E-state index < -0.39 is 11.9 Å². The summed E-state index contributed by atoms with van der Waals surface area (Å²) in [5.74, 6) is 0.268. The van der Waals surface area contributed by atoms with Crippen molar-refractivity contribution in [2.24, 2.45) is 11.7 Å². The molecule has 0 aliphatic heterocycles. The first-order chi connectivity index (χ1) is 13.9. The van der Waals surface area contributed by atoms with Crippen molar-refractivity contribution >= 4 is 45.9 Å². The molecule has 0 aliphatic carbocycles. The number of anilines is 1. The molecular weight excluding hydrogens is 386 g/mol. The molecule has 0 unspecified atom stereocenters. The van der Waals surface area contributed by atoms with Gasteiger partial charge in [0.05, 0.1) is 12.1 Å². The van der Waals surface area contributed by atoms with Crippen LogP contribution in [0.3, 0.4) is 0 Å². The van der Waals surface area contributed by atoms with Crippen molar-refractivity contribution < 1.29 is 9.59 Å². The van der Waals surface area contributed by atoms with Crippen LogP contribution in [0.4, 0.5) is 5.82 Å². The third kappa shape index (κ3) is 5.39. The van der Waals surface area contributed by atoms with Crippen LogP contribution in [-0.2, 0) is 16.1 Å². The van der Waals surface area contributed by atoms with Gasteiger partial charge in [-0.15, -0.1) is 0 Å². The molecule has 7 nitrogen and oxygen atoms in total. The lowest BCUT2D eigenvalue weighted by molar-refractivity contribution is -0.119. The molecule has 0 spiro atoms. The zero-order chi connectivity index (χ0) is 20.8. The van der Waals surface area contributed by atoms with Crippen LogP contribution in [0, 0.1) is 5.92 Å². The Morgan fingerprint density at radius 3 is 2.69 bits per heavy atom. The monoisotopic (exact) mass is 409 g/mol. The summed E-state index contributed by atoms with van der Waals surface area (Å²) in [5.41, 5.74) is 7.23. The van der Waals surface area contributed by atoms with E-state index in [1.54, 1.807) is 17.4 Å². The second-order valence-corrected chi connectivity index (χ2v) is 7.66.